The molecular weight excluding hydrogens is 566 g/mol. The summed E-state index contributed by atoms with van der Waals surface area (Å²) in [5.41, 5.74) is -0.230. The van der Waals surface area contributed by atoms with E-state index < -0.39 is 23.6 Å². The molecule has 8 nitrogen and oxygen atoms in total. The highest BCUT2D eigenvalue weighted by Gasteiger charge is 2.33. The average molecular weight is 592 g/mol. The first-order valence-corrected chi connectivity index (χ1v) is 13.0. The number of benzene rings is 2. The predicted molar refractivity (Wildman–Crippen MR) is 145 cm³/mol. The van der Waals surface area contributed by atoms with Gasteiger partial charge >= 0.3 is 12.1 Å². The van der Waals surface area contributed by atoms with Crippen molar-refractivity contribution in [3.8, 4) is 29.0 Å². The second-order valence-electron chi connectivity index (χ2n) is 9.24. The van der Waals surface area contributed by atoms with Crippen LogP contribution >= 0.6 is 11.6 Å². The van der Waals surface area contributed by atoms with E-state index in [1.165, 1.54) is 30.3 Å². The number of aromatic amines is 1. The van der Waals surface area contributed by atoms with E-state index in [9.17, 15) is 27.2 Å². The first kappa shape index (κ1) is 29.9. The summed E-state index contributed by atoms with van der Waals surface area (Å²) in [6, 6.07) is 8.26. The third kappa shape index (κ3) is 8.22. The van der Waals surface area contributed by atoms with Crippen molar-refractivity contribution in [2.24, 2.45) is 0 Å². The molecule has 2 heterocycles. The highest BCUT2D eigenvalue weighted by Crippen LogP contribution is 2.33. The number of H-pyrrole nitrogens is 1. The molecule has 0 aliphatic carbocycles. The third-order valence-electron chi connectivity index (χ3n) is 6.32. The fourth-order valence-electron chi connectivity index (χ4n) is 4.13. The Labute approximate surface area is 238 Å². The molecule has 41 heavy (non-hydrogen) atoms. The van der Waals surface area contributed by atoms with Gasteiger partial charge in [-0.2, -0.15) is 13.2 Å². The zero-order valence-electron chi connectivity index (χ0n) is 21.9. The topological polar surface area (TPSA) is 90.6 Å². The van der Waals surface area contributed by atoms with Crippen LogP contribution in [0.25, 0.3) is 11.4 Å². The molecule has 216 valence electrons. The monoisotopic (exact) mass is 591 g/mol. The molecule has 0 saturated carbocycles. The number of piperazine rings is 1. The number of anilines is 1. The molecule has 2 amide bonds. The Morgan fingerprint density at radius 1 is 1.15 bits per heavy atom. The molecule has 2 aromatic carbocycles. The van der Waals surface area contributed by atoms with Crippen molar-refractivity contribution in [2.45, 2.75) is 19.5 Å². The fraction of sp³-hybridized carbons (Fsp3) is 0.321. The van der Waals surface area contributed by atoms with Crippen LogP contribution in [0.15, 0.2) is 42.6 Å². The number of halogens is 5. The molecule has 0 radical (unpaired) electrons. The van der Waals surface area contributed by atoms with E-state index in [-0.39, 0.29) is 33.8 Å². The molecule has 4 rings (SSSR count). The standard InChI is InChI=1S/C28H26ClF4N5O3/c1-18(39)38-12-10-37(11-13-38)9-2-14-41-24-7-5-20(27-34-17-25(36-27)28(31,32)33)16-23(24)35-26(40)8-4-19-3-6-22(30)21(29)15-19/h3,5-7,15-17H,2,9-14H2,1H3,(H,34,36)(H,35,40). The number of carbonyl (C=O) groups is 2. The number of hydrogen-bond donors (Lipinski definition) is 2. The van der Waals surface area contributed by atoms with Crippen molar-refractivity contribution < 1.29 is 31.9 Å². The molecule has 1 aliphatic rings. The largest absolute Gasteiger partial charge is 0.491 e. The second kappa shape index (κ2) is 13.1. The number of imidazole rings is 1. The van der Waals surface area contributed by atoms with Crippen LogP contribution in [-0.2, 0) is 15.8 Å². The number of rotatable bonds is 7. The van der Waals surface area contributed by atoms with Gasteiger partial charge in [0.15, 0.2) is 0 Å². The van der Waals surface area contributed by atoms with Crippen LogP contribution in [0.5, 0.6) is 5.75 Å². The van der Waals surface area contributed by atoms with Crippen molar-refractivity contribution in [1.29, 1.82) is 0 Å². The quantitative estimate of drug-likeness (QED) is 0.234. The molecule has 0 bridgehead atoms. The summed E-state index contributed by atoms with van der Waals surface area (Å²) in [6.07, 6.45) is -3.25. The molecule has 1 aromatic heterocycles. The number of aromatic nitrogens is 2. The summed E-state index contributed by atoms with van der Waals surface area (Å²) in [6.45, 7) is 5.45. The Hall–Kier alpha value is -4.08. The van der Waals surface area contributed by atoms with Crippen LogP contribution in [0.1, 0.15) is 24.6 Å². The zero-order valence-corrected chi connectivity index (χ0v) is 22.7. The smallest absolute Gasteiger partial charge is 0.432 e. The van der Waals surface area contributed by atoms with E-state index in [4.69, 9.17) is 16.3 Å². The van der Waals surface area contributed by atoms with Gasteiger partial charge in [0.25, 0.3) is 0 Å². The molecule has 0 atom stereocenters. The zero-order chi connectivity index (χ0) is 29.6. The normalized spacial score (nSPS) is 13.9. The maximum atomic E-state index is 13.4. The minimum absolute atomic E-state index is 0.0453. The van der Waals surface area contributed by atoms with E-state index in [0.29, 0.717) is 37.9 Å². The maximum Gasteiger partial charge on any atom is 0.432 e. The Bertz CT molecular complexity index is 1470. The molecule has 0 spiro atoms. The number of amides is 2. The third-order valence-corrected chi connectivity index (χ3v) is 6.61. The predicted octanol–water partition coefficient (Wildman–Crippen LogP) is 4.81. The molecule has 13 heteroatoms. The van der Waals surface area contributed by atoms with E-state index >= 15 is 0 Å². The van der Waals surface area contributed by atoms with Gasteiger partial charge in [-0.15, -0.1) is 0 Å². The Kier molecular flexibility index (Phi) is 9.52. The van der Waals surface area contributed by atoms with Crippen molar-refractivity contribution in [2.75, 3.05) is 44.6 Å². The lowest BCUT2D eigenvalue weighted by atomic mass is 10.1. The van der Waals surface area contributed by atoms with Crippen molar-refractivity contribution >= 4 is 29.1 Å². The number of nitrogens with one attached hydrogen (secondary N) is 2. The minimum Gasteiger partial charge on any atom is -0.491 e. The summed E-state index contributed by atoms with van der Waals surface area (Å²) in [7, 11) is 0. The summed E-state index contributed by atoms with van der Waals surface area (Å²) in [5, 5.41) is 2.46. The lowest BCUT2D eigenvalue weighted by Gasteiger charge is -2.34. The second-order valence-corrected chi connectivity index (χ2v) is 9.64. The Morgan fingerprint density at radius 3 is 2.56 bits per heavy atom. The number of hydrogen-bond acceptors (Lipinski definition) is 5. The van der Waals surface area contributed by atoms with Gasteiger partial charge < -0.3 is 19.9 Å². The number of ether oxygens (including phenoxy) is 1. The number of alkyl halides is 3. The van der Waals surface area contributed by atoms with Gasteiger partial charge in [0, 0.05) is 56.7 Å². The SMILES string of the molecule is CC(=O)N1CCN(CCCOc2ccc(-c3ncc(C(F)(F)F)[nH]3)cc2NC(=O)C#Cc2ccc(F)c(Cl)c2)CC1. The van der Waals surface area contributed by atoms with Gasteiger partial charge in [-0.1, -0.05) is 17.5 Å². The Morgan fingerprint density at radius 2 is 1.90 bits per heavy atom. The Balaban J connectivity index is 1.46. The van der Waals surface area contributed by atoms with E-state index in [2.05, 4.69) is 32.0 Å². The van der Waals surface area contributed by atoms with E-state index in [1.807, 2.05) is 0 Å². The molecule has 1 aliphatic heterocycles. The summed E-state index contributed by atoms with van der Waals surface area (Å²) in [4.78, 5) is 34.2. The summed E-state index contributed by atoms with van der Waals surface area (Å²) >= 11 is 5.76. The minimum atomic E-state index is -4.59. The highest BCUT2D eigenvalue weighted by atomic mass is 35.5. The maximum absolute atomic E-state index is 13.4. The lowest BCUT2D eigenvalue weighted by Crippen LogP contribution is -2.48. The summed E-state index contributed by atoms with van der Waals surface area (Å²) in [5.74, 6) is 3.92. The lowest BCUT2D eigenvalue weighted by molar-refractivity contribution is -0.140. The van der Waals surface area contributed by atoms with Gasteiger partial charge in [0.05, 0.1) is 23.5 Å². The molecule has 1 saturated heterocycles. The average Bonchev–Trinajstić information content (AvgIpc) is 3.44. The van der Waals surface area contributed by atoms with Crippen molar-refractivity contribution in [3.63, 3.8) is 0 Å². The van der Waals surface area contributed by atoms with Gasteiger partial charge in [-0.3, -0.25) is 14.5 Å². The van der Waals surface area contributed by atoms with Gasteiger partial charge in [0.1, 0.15) is 23.1 Å². The highest BCUT2D eigenvalue weighted by molar-refractivity contribution is 6.30. The van der Waals surface area contributed by atoms with E-state index in [1.54, 1.807) is 11.8 Å². The van der Waals surface area contributed by atoms with E-state index in [0.717, 1.165) is 25.7 Å². The van der Waals surface area contributed by atoms with Crippen LogP contribution in [0.2, 0.25) is 5.02 Å². The molecular formula is C28H26ClF4N5O3. The van der Waals surface area contributed by atoms with Crippen LogP contribution in [0, 0.1) is 17.7 Å². The molecule has 0 unspecified atom stereocenters. The van der Waals surface area contributed by atoms with Gasteiger partial charge in [0.2, 0.25) is 5.91 Å². The fourth-order valence-corrected chi connectivity index (χ4v) is 4.31. The van der Waals surface area contributed by atoms with Crippen molar-refractivity contribution in [1.82, 2.24) is 19.8 Å². The molecule has 3 aromatic rings. The first-order chi connectivity index (χ1) is 19.5. The molecule has 2 N–H and O–H groups in total. The summed E-state index contributed by atoms with van der Waals surface area (Å²) < 4.78 is 58.5. The number of nitrogens with zero attached hydrogens (tertiary/aromatic N) is 3. The first-order valence-electron chi connectivity index (χ1n) is 12.6. The van der Waals surface area contributed by atoms with Crippen LogP contribution in [0.4, 0.5) is 23.2 Å². The van der Waals surface area contributed by atoms with Gasteiger partial charge in [-0.05, 0) is 42.8 Å². The van der Waals surface area contributed by atoms with Gasteiger partial charge in [-0.25, -0.2) is 9.37 Å². The van der Waals surface area contributed by atoms with Crippen LogP contribution in [0.3, 0.4) is 0 Å². The van der Waals surface area contributed by atoms with Crippen molar-refractivity contribution in [3.05, 3.63) is 64.7 Å². The number of carbonyl (C=O) groups excluding carboxylic acids is 2. The molecule has 1 fully saturated rings. The van der Waals surface area contributed by atoms with Crippen LogP contribution in [-0.4, -0.2) is 70.9 Å². The van der Waals surface area contributed by atoms with Crippen LogP contribution < -0.4 is 10.1 Å².